The summed E-state index contributed by atoms with van der Waals surface area (Å²) < 4.78 is 47.2. The molecule has 13 nitrogen and oxygen atoms in total. The van der Waals surface area contributed by atoms with Crippen molar-refractivity contribution in [3.63, 3.8) is 0 Å². The highest BCUT2D eigenvalue weighted by Gasteiger charge is 2.61. The number of aromatic nitrogens is 1. The second kappa shape index (κ2) is 17.4. The molecule has 14 heteroatoms. The number of sulfonamides is 1. The van der Waals surface area contributed by atoms with Gasteiger partial charge >= 0.3 is 5.97 Å². The topological polar surface area (TPSA) is 178 Å². The van der Waals surface area contributed by atoms with Gasteiger partial charge in [-0.1, -0.05) is 51.1 Å². The van der Waals surface area contributed by atoms with E-state index in [1.165, 1.54) is 4.90 Å². The second-order valence-corrected chi connectivity index (χ2v) is 20.2. The minimum Gasteiger partial charge on any atom is -0.492 e. The lowest BCUT2D eigenvalue weighted by Crippen LogP contribution is -2.48. The van der Waals surface area contributed by atoms with Crippen LogP contribution in [0.4, 0.5) is 0 Å². The number of fused-ring (bicyclic) bond motifs is 5. The highest BCUT2D eigenvalue weighted by molar-refractivity contribution is 7.90. The number of para-hydroxylation sites is 1. The normalized spacial score (nSPS) is 29.6. The molecule has 1 aromatic heterocycles. The molecule has 7 rings (SSSR count). The molecule has 2 bridgehead atoms. The molecule has 0 radical (unpaired) electrons. The van der Waals surface area contributed by atoms with Crippen LogP contribution in [0.15, 0.2) is 49.1 Å². The van der Waals surface area contributed by atoms with Crippen LogP contribution in [0, 0.1) is 28.6 Å². The van der Waals surface area contributed by atoms with Crippen molar-refractivity contribution in [3.8, 4) is 11.6 Å². The van der Waals surface area contributed by atoms with Gasteiger partial charge in [0.15, 0.2) is 5.78 Å². The molecule has 3 heterocycles. The van der Waals surface area contributed by atoms with E-state index in [4.69, 9.17) is 19.2 Å². The smallest absolute Gasteiger partial charge is 0.306 e. The zero-order valence-corrected chi connectivity index (χ0v) is 35.3. The number of nitrogens with one attached hydrogen (secondary N) is 1. The van der Waals surface area contributed by atoms with Crippen LogP contribution >= 0.6 is 0 Å². The van der Waals surface area contributed by atoms with Crippen molar-refractivity contribution in [1.82, 2.24) is 14.6 Å². The van der Waals surface area contributed by atoms with E-state index in [2.05, 4.69) is 23.5 Å². The van der Waals surface area contributed by atoms with Crippen LogP contribution < -0.4 is 14.2 Å². The molecule has 59 heavy (non-hydrogen) atoms. The number of allylic oxidation sites excluding steroid dienone is 3. The number of amides is 2. The number of Topliss-reactive ketones (excluding diaryl/α,β-unsaturated/α-hetero) is 1. The molecular formula is C45H59N3O10S. The van der Waals surface area contributed by atoms with E-state index in [-0.39, 0.29) is 57.5 Å². The minimum atomic E-state index is -3.88. The maximum atomic E-state index is 14.9. The number of pyridine rings is 1. The Morgan fingerprint density at radius 2 is 1.88 bits per heavy atom. The predicted octanol–water partition coefficient (Wildman–Crippen LogP) is 5.76. The first-order valence-electron chi connectivity index (χ1n) is 21.3. The van der Waals surface area contributed by atoms with Gasteiger partial charge in [-0.15, -0.1) is 6.58 Å². The van der Waals surface area contributed by atoms with Crippen molar-refractivity contribution in [2.45, 2.75) is 128 Å². The largest absolute Gasteiger partial charge is 0.492 e. The molecule has 7 atom stereocenters. The SMILES string of the molecule is C=C[C@@H]1C[C@]1(CC(=O)[C@@H]1C[C@@H]2CN1C(=O)[C@H](C(C)(C)C)CC(=O)O[C@@H]1CCC[C@H]1CC/C=C/Cc1c(nc3ccccc3c1OCCCO)O2)C(=O)NS(=O)(=O)C1CC1. The van der Waals surface area contributed by atoms with Crippen molar-refractivity contribution in [1.29, 1.82) is 0 Å². The monoisotopic (exact) mass is 833 g/mol. The van der Waals surface area contributed by atoms with Gasteiger partial charge in [0.05, 0.1) is 53.3 Å². The lowest BCUT2D eigenvalue weighted by atomic mass is 9.77. The predicted molar refractivity (Wildman–Crippen MR) is 221 cm³/mol. The van der Waals surface area contributed by atoms with E-state index in [0.29, 0.717) is 48.4 Å². The number of benzene rings is 1. The lowest BCUT2D eigenvalue weighted by molar-refractivity contribution is -0.158. The van der Waals surface area contributed by atoms with Gasteiger partial charge in [-0.2, -0.15) is 0 Å². The van der Waals surface area contributed by atoms with Crippen LogP contribution in [0.3, 0.4) is 0 Å². The van der Waals surface area contributed by atoms with E-state index in [0.717, 1.165) is 37.5 Å². The zero-order chi connectivity index (χ0) is 42.1. The number of hydrogen-bond donors (Lipinski definition) is 2. The fourth-order valence-corrected chi connectivity index (χ4v) is 10.6. The van der Waals surface area contributed by atoms with E-state index < -0.39 is 73.7 Å². The summed E-state index contributed by atoms with van der Waals surface area (Å²) in [5.74, 6) is -2.13. The first-order valence-corrected chi connectivity index (χ1v) is 22.9. The zero-order valence-electron chi connectivity index (χ0n) is 34.5. The number of ether oxygens (including phenoxy) is 3. The number of hydrogen-bond acceptors (Lipinski definition) is 11. The van der Waals surface area contributed by atoms with Crippen LogP contribution in [-0.4, -0.2) is 90.2 Å². The van der Waals surface area contributed by atoms with Crippen molar-refractivity contribution < 1.29 is 46.9 Å². The Bertz CT molecular complexity index is 2090. The van der Waals surface area contributed by atoms with Gasteiger partial charge in [-0.25, -0.2) is 13.4 Å². The average Bonchev–Trinajstić information content (AvgIpc) is 4.08. The van der Waals surface area contributed by atoms with Gasteiger partial charge in [0.25, 0.3) is 0 Å². The number of ketones is 1. The summed E-state index contributed by atoms with van der Waals surface area (Å²) in [5, 5.41) is 9.75. The Labute approximate surface area is 347 Å². The summed E-state index contributed by atoms with van der Waals surface area (Å²) in [5.41, 5.74) is -0.677. The molecule has 2 N–H and O–H groups in total. The summed E-state index contributed by atoms with van der Waals surface area (Å²) in [6.45, 7) is 9.76. The third kappa shape index (κ3) is 9.38. The Hall–Kier alpha value is -4.30. The molecule has 5 aliphatic rings. The quantitative estimate of drug-likeness (QED) is 0.160. The Morgan fingerprint density at radius 3 is 2.59 bits per heavy atom. The molecule has 2 aliphatic heterocycles. The number of esters is 1. The molecule has 1 saturated heterocycles. The number of rotatable bonds is 11. The van der Waals surface area contributed by atoms with Crippen molar-refractivity contribution in [2.75, 3.05) is 19.8 Å². The van der Waals surface area contributed by atoms with E-state index in [1.54, 1.807) is 6.08 Å². The molecule has 320 valence electrons. The summed E-state index contributed by atoms with van der Waals surface area (Å²) >= 11 is 0. The van der Waals surface area contributed by atoms with Gasteiger partial charge in [-0.05, 0) is 87.2 Å². The maximum Gasteiger partial charge on any atom is 0.306 e. The lowest BCUT2D eigenvalue weighted by Gasteiger charge is -2.35. The Kier molecular flexibility index (Phi) is 12.6. The second-order valence-electron chi connectivity index (χ2n) is 18.3. The Balaban J connectivity index is 1.26. The van der Waals surface area contributed by atoms with Gasteiger partial charge in [0.1, 0.15) is 18.0 Å². The summed E-state index contributed by atoms with van der Waals surface area (Å²) in [6, 6.07) is 6.54. The van der Waals surface area contributed by atoms with Crippen molar-refractivity contribution >= 4 is 44.5 Å². The summed E-state index contributed by atoms with van der Waals surface area (Å²) in [7, 11) is -3.88. The third-order valence-electron chi connectivity index (χ3n) is 13.0. The summed E-state index contributed by atoms with van der Waals surface area (Å²) in [6.07, 6.45) is 10.7. The molecule has 1 aromatic carbocycles. The van der Waals surface area contributed by atoms with Gasteiger partial charge in [-0.3, -0.25) is 23.9 Å². The standard InChI is InChI=1S/C45H59N3O10S/c1-5-29-25-45(29,43(53)47-59(54,55)31-19-20-31)26-37(50)36-23-30-27-48(36)42(52)34(44(2,3)4)24-39(51)58-38-18-11-14-28(38)13-7-6-8-16-33-40(56-22-12-21-49)32-15-9-10-17-35(32)46-41(33)57-30/h5-6,8-10,15,17,28-31,34,36,38,49H,1,7,11-14,16,18-27H2,2-4H3,(H,47,53)/b8-6+/t28-,29-,30-,34-,36+,38-,45-/m1/s1. The van der Waals surface area contributed by atoms with E-state index in [1.807, 2.05) is 45.0 Å². The molecule has 4 fully saturated rings. The van der Waals surface area contributed by atoms with Crippen LogP contribution in [0.25, 0.3) is 10.9 Å². The van der Waals surface area contributed by atoms with Crippen molar-refractivity contribution in [3.05, 3.63) is 54.6 Å². The fraction of sp³-hybridized carbons (Fsp3) is 0.622. The van der Waals surface area contributed by atoms with Crippen LogP contribution in [0.1, 0.15) is 103 Å². The molecule has 3 saturated carbocycles. The van der Waals surface area contributed by atoms with E-state index >= 15 is 0 Å². The number of nitrogens with zero attached hydrogens (tertiary/aromatic N) is 2. The van der Waals surface area contributed by atoms with Gasteiger partial charge < -0.3 is 24.2 Å². The average molecular weight is 834 g/mol. The summed E-state index contributed by atoms with van der Waals surface area (Å²) in [4.78, 5) is 63.5. The molecule has 0 spiro atoms. The number of aliphatic hydroxyl groups is 1. The third-order valence-corrected chi connectivity index (χ3v) is 14.8. The highest BCUT2D eigenvalue weighted by Crippen LogP contribution is 2.57. The molecular weight excluding hydrogens is 775 g/mol. The van der Waals surface area contributed by atoms with Gasteiger partial charge in [0.2, 0.25) is 27.7 Å². The highest BCUT2D eigenvalue weighted by atomic mass is 32.2. The fourth-order valence-electron chi connectivity index (χ4n) is 9.24. The Morgan fingerprint density at radius 1 is 1.10 bits per heavy atom. The van der Waals surface area contributed by atoms with Crippen LogP contribution in [0.2, 0.25) is 0 Å². The molecule has 2 aromatic rings. The first-order chi connectivity index (χ1) is 28.1. The minimum absolute atomic E-state index is 0.00615. The molecule has 3 aliphatic carbocycles. The maximum absolute atomic E-state index is 14.9. The number of carbonyl (C=O) groups excluding carboxylic acids is 4. The van der Waals surface area contributed by atoms with Crippen LogP contribution in [0.5, 0.6) is 11.6 Å². The van der Waals surface area contributed by atoms with E-state index in [9.17, 15) is 32.7 Å². The molecule has 0 unspecified atom stereocenters. The first kappa shape index (κ1) is 42.8. The van der Waals surface area contributed by atoms with Crippen LogP contribution in [-0.2, 0) is 40.4 Å². The van der Waals surface area contributed by atoms with Gasteiger partial charge in [0, 0.05) is 31.3 Å². The van der Waals surface area contributed by atoms with Crippen molar-refractivity contribution in [2.24, 2.45) is 28.6 Å². The number of aliphatic hydroxyl groups excluding tert-OH is 1. The number of carbonyl (C=O) groups is 4. The molecule has 2 amide bonds.